The van der Waals surface area contributed by atoms with Crippen molar-refractivity contribution in [2.75, 3.05) is 12.3 Å². The van der Waals surface area contributed by atoms with Crippen molar-refractivity contribution in [1.29, 1.82) is 0 Å². The van der Waals surface area contributed by atoms with E-state index in [2.05, 4.69) is 22.5 Å². The lowest BCUT2D eigenvalue weighted by Crippen LogP contribution is -2.25. The Morgan fingerprint density at radius 2 is 1.69 bits per heavy atom. The van der Waals surface area contributed by atoms with Crippen LogP contribution in [0.25, 0.3) is 5.69 Å². The minimum absolute atomic E-state index is 0.0492. The smallest absolute Gasteiger partial charge is 0.255 e. The second kappa shape index (κ2) is 8.72. The second-order valence-corrected chi connectivity index (χ2v) is 7.23. The third-order valence-corrected chi connectivity index (χ3v) is 5.24. The maximum Gasteiger partial charge on any atom is 0.255 e. The van der Waals surface area contributed by atoms with Crippen LogP contribution in [-0.4, -0.2) is 28.0 Å². The number of hydrogen-bond donors (Lipinski definition) is 1. The first-order valence-corrected chi connectivity index (χ1v) is 9.73. The molecule has 3 rings (SSSR count). The predicted octanol–water partition coefficient (Wildman–Crippen LogP) is 4.40. The van der Waals surface area contributed by atoms with Crippen molar-refractivity contribution in [1.82, 2.24) is 15.1 Å². The number of thioether (sulfide) groups is 1. The molecule has 0 saturated heterocycles. The molecule has 134 valence electrons. The quantitative estimate of drug-likeness (QED) is 0.499. The molecule has 0 fully saturated rings. The zero-order valence-electron chi connectivity index (χ0n) is 15.1. The van der Waals surface area contributed by atoms with Gasteiger partial charge in [0, 0.05) is 11.4 Å². The summed E-state index contributed by atoms with van der Waals surface area (Å²) in [7, 11) is 0. The molecule has 0 spiro atoms. The Bertz CT molecular complexity index is 860. The highest BCUT2D eigenvalue weighted by Gasteiger charge is 2.18. The van der Waals surface area contributed by atoms with Gasteiger partial charge in [0.05, 0.1) is 22.6 Å². The number of aryl methyl sites for hydroxylation is 1. The van der Waals surface area contributed by atoms with Crippen molar-refractivity contribution in [2.45, 2.75) is 25.2 Å². The van der Waals surface area contributed by atoms with Gasteiger partial charge in [0.2, 0.25) is 0 Å². The highest BCUT2D eigenvalue weighted by molar-refractivity contribution is 7.99. The van der Waals surface area contributed by atoms with Crippen LogP contribution >= 0.6 is 11.8 Å². The normalized spacial score (nSPS) is 10.7. The number of para-hydroxylation sites is 1. The molecule has 3 aromatic rings. The molecule has 2 aromatic carbocycles. The van der Waals surface area contributed by atoms with Crippen LogP contribution in [0.3, 0.4) is 0 Å². The van der Waals surface area contributed by atoms with E-state index in [0.717, 1.165) is 29.2 Å². The molecule has 0 aliphatic rings. The number of amides is 1. The summed E-state index contributed by atoms with van der Waals surface area (Å²) >= 11 is 1.81. The van der Waals surface area contributed by atoms with Crippen LogP contribution in [0, 0.1) is 13.8 Å². The van der Waals surface area contributed by atoms with Gasteiger partial charge in [0.15, 0.2) is 0 Å². The lowest BCUT2D eigenvalue weighted by atomic mass is 10.2. The maximum absolute atomic E-state index is 12.6. The molecular weight excluding hydrogens is 342 g/mol. The van der Waals surface area contributed by atoms with E-state index in [0.29, 0.717) is 12.1 Å². The Hall–Kier alpha value is -2.53. The summed E-state index contributed by atoms with van der Waals surface area (Å²) in [5.41, 5.74) is 3.25. The number of benzene rings is 2. The number of carbonyl (C=O) groups excluding carboxylic acids is 1. The number of nitrogens with one attached hydrogen (secondary N) is 1. The van der Waals surface area contributed by atoms with Crippen molar-refractivity contribution in [3.8, 4) is 5.69 Å². The topological polar surface area (TPSA) is 46.9 Å². The van der Waals surface area contributed by atoms with Crippen molar-refractivity contribution in [2.24, 2.45) is 0 Å². The average molecular weight is 366 g/mol. The first-order chi connectivity index (χ1) is 12.7. The Labute approximate surface area is 158 Å². The Kier molecular flexibility index (Phi) is 6.12. The molecule has 1 amide bonds. The molecule has 1 aromatic heterocycles. The molecule has 0 aliphatic heterocycles. The Morgan fingerprint density at radius 1 is 1.04 bits per heavy atom. The Balaban J connectivity index is 1.56. The van der Waals surface area contributed by atoms with Gasteiger partial charge in [0.1, 0.15) is 0 Å². The van der Waals surface area contributed by atoms with Crippen LogP contribution in [0.4, 0.5) is 0 Å². The van der Waals surface area contributed by atoms with Gasteiger partial charge in [-0.25, -0.2) is 4.68 Å². The van der Waals surface area contributed by atoms with E-state index in [1.165, 1.54) is 4.90 Å². The van der Waals surface area contributed by atoms with Gasteiger partial charge < -0.3 is 5.32 Å². The van der Waals surface area contributed by atoms with Gasteiger partial charge in [-0.3, -0.25) is 4.79 Å². The molecule has 0 unspecified atom stereocenters. The standard InChI is InChI=1S/C21H23N3OS/c1-16-20(17(2)24(23-16)18-10-5-3-6-11-18)21(25)22-14-9-15-26-19-12-7-4-8-13-19/h3-8,10-13H,9,14-15H2,1-2H3,(H,22,25). The van der Waals surface area contributed by atoms with E-state index in [1.807, 2.05) is 78.8 Å². The van der Waals surface area contributed by atoms with Crippen LogP contribution in [0.15, 0.2) is 65.6 Å². The van der Waals surface area contributed by atoms with E-state index in [9.17, 15) is 4.79 Å². The molecule has 0 bridgehead atoms. The number of carbonyl (C=O) groups is 1. The molecule has 0 saturated carbocycles. The molecule has 26 heavy (non-hydrogen) atoms. The first-order valence-electron chi connectivity index (χ1n) is 8.74. The van der Waals surface area contributed by atoms with Gasteiger partial charge >= 0.3 is 0 Å². The molecule has 0 radical (unpaired) electrons. The molecule has 0 atom stereocenters. The summed E-state index contributed by atoms with van der Waals surface area (Å²) in [6.07, 6.45) is 0.927. The minimum Gasteiger partial charge on any atom is -0.352 e. The molecule has 1 N–H and O–H groups in total. The molecule has 0 aliphatic carbocycles. The summed E-state index contributed by atoms with van der Waals surface area (Å²) in [6.45, 7) is 4.48. The van der Waals surface area contributed by atoms with Crippen molar-refractivity contribution < 1.29 is 4.79 Å². The number of hydrogen-bond acceptors (Lipinski definition) is 3. The molecule has 5 heteroatoms. The van der Waals surface area contributed by atoms with E-state index in [4.69, 9.17) is 0 Å². The fraction of sp³-hybridized carbons (Fsp3) is 0.238. The van der Waals surface area contributed by atoms with E-state index < -0.39 is 0 Å². The number of rotatable bonds is 7. The van der Waals surface area contributed by atoms with Gasteiger partial charge in [-0.1, -0.05) is 36.4 Å². The largest absolute Gasteiger partial charge is 0.352 e. The number of aromatic nitrogens is 2. The van der Waals surface area contributed by atoms with Gasteiger partial charge in [-0.15, -0.1) is 11.8 Å². The lowest BCUT2D eigenvalue weighted by molar-refractivity contribution is 0.0952. The average Bonchev–Trinajstić information content (AvgIpc) is 2.97. The fourth-order valence-corrected chi connectivity index (χ4v) is 3.74. The van der Waals surface area contributed by atoms with Gasteiger partial charge in [-0.05, 0) is 50.3 Å². The van der Waals surface area contributed by atoms with E-state index in [1.54, 1.807) is 0 Å². The Morgan fingerprint density at radius 3 is 2.38 bits per heavy atom. The van der Waals surface area contributed by atoms with Crippen LogP contribution < -0.4 is 5.32 Å². The zero-order valence-corrected chi connectivity index (χ0v) is 15.9. The molecule has 1 heterocycles. The number of nitrogens with zero attached hydrogens (tertiary/aromatic N) is 2. The maximum atomic E-state index is 12.6. The third kappa shape index (κ3) is 4.35. The van der Waals surface area contributed by atoms with Crippen molar-refractivity contribution >= 4 is 17.7 Å². The summed E-state index contributed by atoms with van der Waals surface area (Å²) in [5.74, 6) is 0.929. The SMILES string of the molecule is Cc1nn(-c2ccccc2)c(C)c1C(=O)NCCCSc1ccccc1. The summed E-state index contributed by atoms with van der Waals surface area (Å²) in [6, 6.07) is 20.2. The summed E-state index contributed by atoms with van der Waals surface area (Å²) in [5, 5.41) is 7.56. The predicted molar refractivity (Wildman–Crippen MR) is 107 cm³/mol. The van der Waals surface area contributed by atoms with Crippen LogP contribution in [0.5, 0.6) is 0 Å². The van der Waals surface area contributed by atoms with Gasteiger partial charge in [-0.2, -0.15) is 5.10 Å². The van der Waals surface area contributed by atoms with Crippen LogP contribution in [0.2, 0.25) is 0 Å². The van der Waals surface area contributed by atoms with E-state index >= 15 is 0 Å². The lowest BCUT2D eigenvalue weighted by Gasteiger charge is -2.07. The van der Waals surface area contributed by atoms with Crippen LogP contribution in [0.1, 0.15) is 28.2 Å². The highest BCUT2D eigenvalue weighted by Crippen LogP contribution is 2.19. The molecule has 4 nitrogen and oxygen atoms in total. The fourth-order valence-electron chi connectivity index (χ4n) is 2.86. The van der Waals surface area contributed by atoms with E-state index in [-0.39, 0.29) is 5.91 Å². The van der Waals surface area contributed by atoms with Crippen molar-refractivity contribution in [3.05, 3.63) is 77.6 Å². The van der Waals surface area contributed by atoms with Gasteiger partial charge in [0.25, 0.3) is 5.91 Å². The van der Waals surface area contributed by atoms with Crippen molar-refractivity contribution in [3.63, 3.8) is 0 Å². The summed E-state index contributed by atoms with van der Waals surface area (Å²) < 4.78 is 1.83. The van der Waals surface area contributed by atoms with Crippen LogP contribution in [-0.2, 0) is 0 Å². The molecular formula is C21H23N3OS. The third-order valence-electron chi connectivity index (χ3n) is 4.14. The summed E-state index contributed by atoms with van der Waals surface area (Å²) in [4.78, 5) is 13.9. The first kappa shape index (κ1) is 18.3. The highest BCUT2D eigenvalue weighted by atomic mass is 32.2. The monoisotopic (exact) mass is 365 g/mol. The second-order valence-electron chi connectivity index (χ2n) is 6.06. The minimum atomic E-state index is -0.0492. The zero-order chi connectivity index (χ0) is 18.4.